The summed E-state index contributed by atoms with van der Waals surface area (Å²) in [5, 5.41) is 4.31. The van der Waals surface area contributed by atoms with Crippen molar-refractivity contribution in [1.82, 2.24) is 19.7 Å². The first kappa shape index (κ1) is 14.5. The summed E-state index contributed by atoms with van der Waals surface area (Å²) in [6.07, 6.45) is 4.80. The van der Waals surface area contributed by atoms with Crippen LogP contribution in [0.3, 0.4) is 0 Å². The van der Waals surface area contributed by atoms with Crippen molar-refractivity contribution in [2.75, 3.05) is 5.43 Å². The van der Waals surface area contributed by atoms with Crippen LogP contribution in [-0.4, -0.2) is 19.7 Å². The van der Waals surface area contributed by atoms with Crippen molar-refractivity contribution in [1.29, 1.82) is 0 Å². The van der Waals surface area contributed by atoms with Gasteiger partial charge in [-0.1, -0.05) is 20.8 Å². The Kier molecular flexibility index (Phi) is 4.34. The van der Waals surface area contributed by atoms with Crippen molar-refractivity contribution in [3.8, 4) is 11.4 Å². The normalized spacial score (nSPS) is 11.1. The molecule has 0 spiro atoms. The number of nitrogens with zero attached hydrogens (tertiary/aromatic N) is 4. The van der Waals surface area contributed by atoms with Crippen LogP contribution in [-0.2, 0) is 6.54 Å². The van der Waals surface area contributed by atoms with E-state index in [-0.39, 0.29) is 0 Å². The van der Waals surface area contributed by atoms with Gasteiger partial charge in [0.15, 0.2) is 5.82 Å². The smallest absolute Gasteiger partial charge is 0.165 e. The van der Waals surface area contributed by atoms with E-state index in [0.717, 1.165) is 29.8 Å². The quantitative estimate of drug-likeness (QED) is 0.646. The molecule has 20 heavy (non-hydrogen) atoms. The minimum atomic E-state index is 0.318. The molecular formula is C14H22N6. The Hall–Kier alpha value is -1.95. The van der Waals surface area contributed by atoms with Crippen LogP contribution in [0.5, 0.6) is 0 Å². The number of hydrazine groups is 1. The van der Waals surface area contributed by atoms with Crippen molar-refractivity contribution in [2.24, 2.45) is 5.84 Å². The van der Waals surface area contributed by atoms with Crippen LogP contribution in [0.25, 0.3) is 11.4 Å². The van der Waals surface area contributed by atoms with Crippen molar-refractivity contribution in [3.63, 3.8) is 0 Å². The molecule has 2 rings (SSSR count). The Balaban J connectivity index is 2.44. The molecule has 0 aliphatic heterocycles. The average molecular weight is 274 g/mol. The van der Waals surface area contributed by atoms with Gasteiger partial charge in [0.2, 0.25) is 0 Å². The molecule has 6 nitrogen and oxygen atoms in total. The molecular weight excluding hydrogens is 252 g/mol. The van der Waals surface area contributed by atoms with Crippen LogP contribution in [0.4, 0.5) is 5.82 Å². The summed E-state index contributed by atoms with van der Waals surface area (Å²) in [5.41, 5.74) is 5.59. The van der Waals surface area contributed by atoms with E-state index in [9.17, 15) is 0 Å². The molecule has 0 unspecified atom stereocenters. The number of nitrogens with two attached hydrogens (primary N) is 1. The highest BCUT2D eigenvalue weighted by Crippen LogP contribution is 2.27. The van der Waals surface area contributed by atoms with Gasteiger partial charge in [0, 0.05) is 24.0 Å². The van der Waals surface area contributed by atoms with E-state index in [1.54, 1.807) is 6.20 Å². The third-order valence-electron chi connectivity index (χ3n) is 3.19. The lowest BCUT2D eigenvalue weighted by molar-refractivity contribution is 0.603. The third kappa shape index (κ3) is 2.80. The number of aryl methyl sites for hydroxylation is 2. The van der Waals surface area contributed by atoms with Gasteiger partial charge in [-0.2, -0.15) is 5.10 Å². The van der Waals surface area contributed by atoms with Crippen molar-refractivity contribution in [3.05, 3.63) is 23.7 Å². The second-order valence-corrected chi connectivity index (χ2v) is 5.19. The Morgan fingerprint density at radius 2 is 2.10 bits per heavy atom. The lowest BCUT2D eigenvalue weighted by atomic mass is 10.0. The summed E-state index contributed by atoms with van der Waals surface area (Å²) in [5.74, 6) is 7.25. The third-order valence-corrected chi connectivity index (χ3v) is 3.19. The molecule has 108 valence electrons. The molecule has 0 aromatic carbocycles. The van der Waals surface area contributed by atoms with Gasteiger partial charge in [0.1, 0.15) is 5.82 Å². The molecule has 0 aliphatic rings. The molecule has 0 amide bonds. The molecule has 0 radical (unpaired) electrons. The molecule has 3 N–H and O–H groups in total. The Morgan fingerprint density at radius 1 is 1.35 bits per heavy atom. The zero-order valence-electron chi connectivity index (χ0n) is 12.5. The molecule has 0 bridgehead atoms. The molecule has 2 aromatic rings. The number of aromatic nitrogens is 4. The Labute approximate surface area is 119 Å². The maximum atomic E-state index is 5.60. The monoisotopic (exact) mass is 274 g/mol. The maximum absolute atomic E-state index is 5.60. The van der Waals surface area contributed by atoms with Crippen LogP contribution in [0, 0.1) is 6.92 Å². The molecule has 2 heterocycles. The summed E-state index contributed by atoms with van der Waals surface area (Å²) < 4.78 is 1.90. The second kappa shape index (κ2) is 6.00. The lowest BCUT2D eigenvalue weighted by Gasteiger charge is -2.14. The molecule has 2 aromatic heterocycles. The van der Waals surface area contributed by atoms with Gasteiger partial charge in [-0.05, 0) is 19.3 Å². The molecule has 6 heteroatoms. The minimum Gasteiger partial charge on any atom is -0.308 e. The molecule has 0 fully saturated rings. The topological polar surface area (TPSA) is 81.7 Å². The first-order valence-electron chi connectivity index (χ1n) is 6.94. The van der Waals surface area contributed by atoms with Gasteiger partial charge < -0.3 is 5.43 Å². The summed E-state index contributed by atoms with van der Waals surface area (Å²) in [6, 6.07) is 0. The fourth-order valence-electron chi connectivity index (χ4n) is 2.34. The van der Waals surface area contributed by atoms with Crippen LogP contribution in [0.15, 0.2) is 12.4 Å². The number of hydrogen-bond donors (Lipinski definition) is 2. The fourth-order valence-corrected chi connectivity index (χ4v) is 2.34. The highest BCUT2D eigenvalue weighted by atomic mass is 15.3. The average Bonchev–Trinajstić information content (AvgIpc) is 2.86. The van der Waals surface area contributed by atoms with Gasteiger partial charge in [0.05, 0.1) is 11.8 Å². The predicted octanol–water partition coefficient (Wildman–Crippen LogP) is 2.47. The van der Waals surface area contributed by atoms with E-state index in [2.05, 4.69) is 41.3 Å². The van der Waals surface area contributed by atoms with Crippen LogP contribution < -0.4 is 11.3 Å². The van der Waals surface area contributed by atoms with Crippen LogP contribution in [0.1, 0.15) is 44.4 Å². The van der Waals surface area contributed by atoms with Crippen molar-refractivity contribution in [2.45, 2.75) is 46.6 Å². The van der Waals surface area contributed by atoms with E-state index < -0.39 is 0 Å². The van der Waals surface area contributed by atoms with Gasteiger partial charge in [-0.3, -0.25) is 4.68 Å². The predicted molar refractivity (Wildman–Crippen MR) is 80.2 cm³/mol. The van der Waals surface area contributed by atoms with E-state index >= 15 is 0 Å². The molecule has 0 atom stereocenters. The summed E-state index contributed by atoms with van der Waals surface area (Å²) >= 11 is 0. The summed E-state index contributed by atoms with van der Waals surface area (Å²) in [4.78, 5) is 9.10. The molecule has 0 aliphatic carbocycles. The largest absolute Gasteiger partial charge is 0.308 e. The second-order valence-electron chi connectivity index (χ2n) is 5.19. The number of anilines is 1. The van der Waals surface area contributed by atoms with Gasteiger partial charge >= 0.3 is 0 Å². The van der Waals surface area contributed by atoms with Gasteiger partial charge in [0.25, 0.3) is 0 Å². The minimum absolute atomic E-state index is 0.318. The van der Waals surface area contributed by atoms with E-state index in [4.69, 9.17) is 5.84 Å². The summed E-state index contributed by atoms with van der Waals surface area (Å²) in [7, 11) is 0. The van der Waals surface area contributed by atoms with Gasteiger partial charge in [-0.15, -0.1) is 0 Å². The first-order valence-corrected chi connectivity index (χ1v) is 6.94. The highest BCUT2D eigenvalue weighted by Gasteiger charge is 2.15. The molecule has 0 saturated heterocycles. The van der Waals surface area contributed by atoms with Crippen LogP contribution in [0.2, 0.25) is 0 Å². The number of rotatable bonds is 5. The van der Waals surface area contributed by atoms with E-state index in [0.29, 0.717) is 17.6 Å². The van der Waals surface area contributed by atoms with Gasteiger partial charge in [-0.25, -0.2) is 15.8 Å². The van der Waals surface area contributed by atoms with Crippen molar-refractivity contribution >= 4 is 5.82 Å². The summed E-state index contributed by atoms with van der Waals surface area (Å²) in [6.45, 7) is 9.20. The SMILES string of the molecule is CCCn1cc(-c2nc(C)c(C(C)C)c(NN)n2)cn1. The first-order chi connectivity index (χ1) is 9.56. The van der Waals surface area contributed by atoms with E-state index in [1.165, 1.54) is 0 Å². The molecule has 0 saturated carbocycles. The standard InChI is InChI=1S/C14H22N6/c1-5-6-20-8-11(7-16-20)13-17-10(4)12(9(2)3)14(18-13)19-15/h7-9H,5-6,15H2,1-4H3,(H,17,18,19). The fraction of sp³-hybridized carbons (Fsp3) is 0.500. The maximum Gasteiger partial charge on any atom is 0.165 e. The van der Waals surface area contributed by atoms with Crippen molar-refractivity contribution < 1.29 is 0 Å². The Bertz CT molecular complexity index is 587. The zero-order valence-corrected chi connectivity index (χ0v) is 12.5. The zero-order chi connectivity index (χ0) is 14.7. The number of nitrogen functional groups attached to an aromatic ring is 1. The Morgan fingerprint density at radius 3 is 2.70 bits per heavy atom. The highest BCUT2D eigenvalue weighted by molar-refractivity contribution is 5.58. The number of nitrogens with one attached hydrogen (secondary N) is 1. The lowest BCUT2D eigenvalue weighted by Crippen LogP contribution is -2.14. The van der Waals surface area contributed by atoms with E-state index in [1.807, 2.05) is 17.8 Å². The van der Waals surface area contributed by atoms with Crippen LogP contribution >= 0.6 is 0 Å². The number of hydrogen-bond acceptors (Lipinski definition) is 5.